The van der Waals surface area contributed by atoms with Crippen molar-refractivity contribution < 1.29 is 90.9 Å². The molecule has 16 rings (SSSR count). The van der Waals surface area contributed by atoms with Gasteiger partial charge in [0.1, 0.15) is 30.8 Å². The predicted octanol–water partition coefficient (Wildman–Crippen LogP) is 13.7. The lowest BCUT2D eigenvalue weighted by molar-refractivity contribution is -0.136. The summed E-state index contributed by atoms with van der Waals surface area (Å²) in [5.74, 6) is -0.817. The van der Waals surface area contributed by atoms with Crippen LogP contribution in [0.15, 0.2) is 272 Å². The lowest BCUT2D eigenvalue weighted by atomic mass is 10.1. The number of hydrogen-bond donors (Lipinski definition) is 14. The van der Waals surface area contributed by atoms with Crippen molar-refractivity contribution in [3.63, 3.8) is 0 Å². The molecule has 0 spiro atoms. The molecule has 0 radical (unpaired) electrons. The van der Waals surface area contributed by atoms with Crippen molar-refractivity contribution in [1.29, 1.82) is 0 Å². The minimum atomic E-state index is -0.917. The molecule has 3 aliphatic rings. The summed E-state index contributed by atoms with van der Waals surface area (Å²) in [6.45, 7) is 11.7. The second-order valence-corrected chi connectivity index (χ2v) is 34.5. The molecular formula is C100H102Br2Cl4N20O19. The molecule has 6 heterocycles. The largest absolute Gasteiger partial charge is 0.493 e. The molecule has 758 valence electrons. The lowest BCUT2D eigenvalue weighted by Gasteiger charge is -2.21. The third kappa shape index (κ3) is 34.8. The summed E-state index contributed by atoms with van der Waals surface area (Å²) in [5.41, 5.74) is 34.3. The number of imide groups is 1. The fourth-order valence-electron chi connectivity index (χ4n) is 13.1. The monoisotopic (exact) mass is 2180 g/mol. The molecule has 0 aliphatic carbocycles. The van der Waals surface area contributed by atoms with Crippen LogP contribution in [0.25, 0.3) is 0 Å². The second-order valence-electron chi connectivity index (χ2n) is 31.1. The number of aromatic nitrogens is 6. The van der Waals surface area contributed by atoms with Gasteiger partial charge in [-0.2, -0.15) is 0 Å². The van der Waals surface area contributed by atoms with E-state index in [0.29, 0.717) is 114 Å². The number of nitrogens with one attached hydrogen (secondary N) is 10. The van der Waals surface area contributed by atoms with E-state index in [1.165, 1.54) is 78.4 Å². The quantitative estimate of drug-likeness (QED) is 0.0101. The van der Waals surface area contributed by atoms with Crippen LogP contribution in [0, 0.1) is 6.92 Å². The van der Waals surface area contributed by atoms with Crippen LogP contribution in [0.4, 0.5) is 22.7 Å². The number of primary amides is 3. The Hall–Kier alpha value is -15.7. The van der Waals surface area contributed by atoms with Crippen LogP contribution in [-0.2, 0) is 61.4 Å². The molecule has 3 aromatic heterocycles. The first kappa shape index (κ1) is 111. The molecule has 0 saturated heterocycles. The fraction of sp³-hybridized carbons (Fsp3) is 0.190. The van der Waals surface area contributed by atoms with Crippen molar-refractivity contribution in [3.8, 4) is 46.0 Å². The Morgan fingerprint density at radius 3 is 1.54 bits per heavy atom. The Labute approximate surface area is 869 Å². The summed E-state index contributed by atoms with van der Waals surface area (Å²) >= 11 is 31.1. The molecule has 2 atom stereocenters. The number of halogens is 6. The number of carbonyl (C=O) groups is 10. The van der Waals surface area contributed by atoms with Gasteiger partial charge in [-0.05, 0) is 192 Å². The SMILES string of the molecule is C=C1Nc2ccc(NCc3cc(Cl)c(OCC(N)=O)c(OC)c3)cc2N1.CC(C(=O)Nn1ccnc1)N1C(=O)c2ccccc2C1=O.CC(O)CNC(=O)C(=O)Nc1ccc2c(c1)OCO2.COc1cc(CNCCc2ccccc2)cc(Br)c1OCC(N)=O.COc1cc(CNCc2ccccc2)cc(Cl)c1OCC(N)=O.Cc1ccc(C(=O)Nn2ccnc2)c(Cl)c1.O=C(Nn1ccnc1)c1cc(Br)ccc1Cl. The highest BCUT2D eigenvalue weighted by atomic mass is 79.9. The number of aryl methyl sites for hydroxylation is 1. The van der Waals surface area contributed by atoms with Gasteiger partial charge in [-0.15, -0.1) is 0 Å². The molecular weight excluding hydrogens is 2090 g/mol. The van der Waals surface area contributed by atoms with Crippen molar-refractivity contribution in [2.75, 3.05) is 98.6 Å². The molecule has 145 heavy (non-hydrogen) atoms. The Bertz CT molecular complexity index is 6630. The van der Waals surface area contributed by atoms with E-state index < -0.39 is 59.4 Å². The predicted molar refractivity (Wildman–Crippen MR) is 556 cm³/mol. The third-order valence-electron chi connectivity index (χ3n) is 20.0. The van der Waals surface area contributed by atoms with Crippen molar-refractivity contribution in [2.24, 2.45) is 17.2 Å². The number of benzene rings is 10. The van der Waals surface area contributed by atoms with Gasteiger partial charge in [0.2, 0.25) is 6.79 Å². The van der Waals surface area contributed by atoms with Gasteiger partial charge in [-0.1, -0.05) is 148 Å². The lowest BCUT2D eigenvalue weighted by Crippen LogP contribution is -2.46. The Balaban J connectivity index is 0.000000174. The van der Waals surface area contributed by atoms with Gasteiger partial charge in [-0.25, -0.2) is 29.0 Å². The van der Waals surface area contributed by atoms with Gasteiger partial charge in [0.25, 0.3) is 47.3 Å². The molecule has 13 aromatic rings. The number of nitrogens with zero attached hydrogens (tertiary/aromatic N) is 7. The summed E-state index contributed by atoms with van der Waals surface area (Å²) < 4.78 is 48.0. The zero-order valence-electron chi connectivity index (χ0n) is 78.7. The van der Waals surface area contributed by atoms with Crippen LogP contribution in [0.1, 0.15) is 88.7 Å². The maximum absolute atomic E-state index is 12.3. The van der Waals surface area contributed by atoms with Crippen molar-refractivity contribution >= 4 is 160 Å². The molecule has 3 aliphatic heterocycles. The molecule has 17 N–H and O–H groups in total. The number of amides is 10. The topological polar surface area (TPSA) is 520 Å². The van der Waals surface area contributed by atoms with Crippen LogP contribution in [-0.4, -0.2) is 171 Å². The van der Waals surface area contributed by atoms with Crippen LogP contribution in [0.3, 0.4) is 0 Å². The van der Waals surface area contributed by atoms with Gasteiger partial charge in [0.05, 0.1) is 85.6 Å². The molecule has 0 saturated carbocycles. The van der Waals surface area contributed by atoms with Crippen LogP contribution >= 0.6 is 78.3 Å². The summed E-state index contributed by atoms with van der Waals surface area (Å²) in [7, 11) is 4.58. The number of anilines is 4. The summed E-state index contributed by atoms with van der Waals surface area (Å²) in [6.07, 6.45) is 14.1. The average molecular weight is 2190 g/mol. The number of aliphatic hydroxyl groups is 1. The number of ether oxygens (including phenoxy) is 8. The third-order valence-corrected chi connectivity index (χ3v) is 22.3. The number of nitrogens with two attached hydrogens (primary N) is 3. The number of methoxy groups -OCH3 is 3. The van der Waals surface area contributed by atoms with Gasteiger partial charge in [-0.3, -0.25) is 69.1 Å². The van der Waals surface area contributed by atoms with Crippen LogP contribution < -0.4 is 109 Å². The van der Waals surface area contributed by atoms with E-state index >= 15 is 0 Å². The zero-order valence-corrected chi connectivity index (χ0v) is 84.9. The highest BCUT2D eigenvalue weighted by Crippen LogP contribution is 2.41. The Kier molecular flexibility index (Phi) is 43.1. The minimum Gasteiger partial charge on any atom is -0.493 e. The van der Waals surface area contributed by atoms with E-state index in [1.807, 2.05) is 85.8 Å². The molecule has 0 fully saturated rings. The number of fused-ring (bicyclic) bond motifs is 3. The van der Waals surface area contributed by atoms with Gasteiger partial charge in [0.15, 0.2) is 65.8 Å². The molecule has 10 aromatic carbocycles. The average Bonchev–Trinajstić information content (AvgIpc) is 1.62. The van der Waals surface area contributed by atoms with Crippen molar-refractivity contribution in [1.82, 2.24) is 49.8 Å². The second kappa shape index (κ2) is 56.2. The Morgan fingerprint density at radius 2 is 1.00 bits per heavy atom. The van der Waals surface area contributed by atoms with Crippen molar-refractivity contribution in [2.45, 2.75) is 65.5 Å². The van der Waals surface area contributed by atoms with Crippen LogP contribution in [0.2, 0.25) is 20.1 Å². The van der Waals surface area contributed by atoms with E-state index in [2.05, 4.69) is 131 Å². The first-order valence-corrected chi connectivity index (χ1v) is 46.9. The highest BCUT2D eigenvalue weighted by molar-refractivity contribution is 9.10. The first-order valence-electron chi connectivity index (χ1n) is 43.8. The molecule has 0 bridgehead atoms. The zero-order chi connectivity index (χ0) is 105. The van der Waals surface area contributed by atoms with E-state index in [4.69, 9.17) is 107 Å². The summed E-state index contributed by atoms with van der Waals surface area (Å²) in [5, 5.41) is 31.7. The van der Waals surface area contributed by atoms with Gasteiger partial charge >= 0.3 is 11.8 Å². The van der Waals surface area contributed by atoms with Crippen molar-refractivity contribution in [3.05, 3.63) is 347 Å². The van der Waals surface area contributed by atoms with E-state index in [0.717, 1.165) is 78.5 Å². The van der Waals surface area contributed by atoms with Gasteiger partial charge < -0.3 is 97.4 Å². The molecule has 39 nitrogen and oxygen atoms in total. The maximum Gasteiger partial charge on any atom is 0.313 e. The number of carbonyl (C=O) groups excluding carboxylic acids is 10. The highest BCUT2D eigenvalue weighted by Gasteiger charge is 2.41. The van der Waals surface area contributed by atoms with Crippen LogP contribution in [0.5, 0.6) is 46.0 Å². The minimum absolute atomic E-state index is 0.0212. The first-order chi connectivity index (χ1) is 69.6. The maximum atomic E-state index is 12.3. The standard InChI is InChI=1S/C18H21BrN2O3.C18H19ClN4O3.C17H19ClN2O3.C14H12N4O3.C12H14N2O5.C11H10ClN3O.C10H7BrClN3O/c1-23-16-10-14(9-15(19)18(16)24-12-17(20)22)11-21-8-7-13-5-3-2-4-6-13;1-10-22-14-4-3-12(7-15(14)23-10)21-8-11-5-13(19)18(16(6-11)25-2)26-9-17(20)24;1-22-15-8-13(7-14(18)17(15)23-11-16(19)21)10-20-9-12-5-3-2-4-6-12;1-9(12(19)16-17-7-6-15-8-17)18-13(20)10-4-2-3-5-11(10)14(18)21;1-7(15)5-13-11(16)12(17)14-8-2-3-9-10(4-8)19-6-18-9;1-8-2-3-9(10(12)6-8)11(16)14-15-5-4-13-7-15;11-7-1-2-9(12)8(5-7)10(16)14-15-4-3-13-6-15/h2-6,9-10,21H,7-8,11-12H2,1H3,(H2,20,22);3-7,21-23H,1,8-9H2,2H3,(H2,20,24);2-8,20H,9-11H2,1H3,(H2,19,21);2-9H,1H3,(H,16,19);2-4,7,15H,5-6H2,1H3,(H,13,16)(H,14,17);2-7H,1H3,(H,14,16);1-6H,(H,14,16). The van der Waals surface area contributed by atoms with Gasteiger partial charge in [0, 0.05) is 91.8 Å². The number of hydrogen-bond acceptors (Lipinski definition) is 27. The molecule has 2 unspecified atom stereocenters. The van der Waals surface area contributed by atoms with E-state index in [1.54, 1.807) is 129 Å². The number of rotatable bonds is 34. The Morgan fingerprint density at radius 1 is 0.503 bits per heavy atom. The number of aliphatic hydroxyl groups excluding tert-OH is 1. The smallest absolute Gasteiger partial charge is 0.313 e. The molecule has 10 amide bonds. The van der Waals surface area contributed by atoms with E-state index in [9.17, 15) is 47.9 Å². The summed E-state index contributed by atoms with van der Waals surface area (Å²) in [4.78, 5) is 128. The summed E-state index contributed by atoms with van der Waals surface area (Å²) in [6, 6.07) is 58.2. The number of imidazole rings is 3. The normalized spacial score (nSPS) is 11.7. The van der Waals surface area contributed by atoms with E-state index in [-0.39, 0.29) is 45.0 Å². The fourth-order valence-corrected chi connectivity index (χ4v) is 15.2. The molecule has 45 heteroatoms.